The molecule has 12 heavy (non-hydrogen) atoms. The van der Waals surface area contributed by atoms with E-state index in [0.29, 0.717) is 10.9 Å². The third-order valence-electron chi connectivity index (χ3n) is 1.67. The van der Waals surface area contributed by atoms with Gasteiger partial charge in [-0.15, -0.1) is 0 Å². The van der Waals surface area contributed by atoms with E-state index >= 15 is 0 Å². The van der Waals surface area contributed by atoms with Crippen LogP contribution < -0.4 is 0 Å². The lowest BCUT2D eigenvalue weighted by molar-refractivity contribution is 0.338. The van der Waals surface area contributed by atoms with Crippen LogP contribution in [0.3, 0.4) is 0 Å². The molecule has 2 rings (SSSR count). The lowest BCUT2D eigenvalue weighted by Crippen LogP contribution is -1.78. The zero-order valence-corrected chi connectivity index (χ0v) is 6.32. The predicted molar refractivity (Wildman–Crippen MR) is 45.8 cm³/mol. The van der Waals surface area contributed by atoms with Gasteiger partial charge in [0.05, 0.1) is 11.1 Å². The Kier molecular flexibility index (Phi) is 1.37. The van der Waals surface area contributed by atoms with E-state index in [1.165, 1.54) is 6.26 Å². The van der Waals surface area contributed by atoms with Crippen molar-refractivity contribution in [1.82, 2.24) is 4.98 Å². The molecule has 0 unspecified atom stereocenters. The summed E-state index contributed by atoms with van der Waals surface area (Å²) in [6, 6.07) is 3.52. The maximum absolute atomic E-state index is 9.14. The molecule has 0 saturated carbocycles. The highest BCUT2D eigenvalue weighted by Crippen LogP contribution is 2.24. The quantitative estimate of drug-likeness (QED) is 0.697. The van der Waals surface area contributed by atoms with Gasteiger partial charge in [-0.1, -0.05) is 6.58 Å². The standard InChI is InChI=1S/C9H7NO2/c1-2-6-3-4-7-8(10-6)5-12-9(7)11/h2-5,11H,1H2. The minimum absolute atomic E-state index is 0.0897. The van der Waals surface area contributed by atoms with Crippen LogP contribution in [0.15, 0.2) is 29.4 Å². The van der Waals surface area contributed by atoms with Crippen molar-refractivity contribution in [2.75, 3.05) is 0 Å². The average Bonchev–Trinajstić information content (AvgIpc) is 2.47. The fourth-order valence-electron chi connectivity index (χ4n) is 1.05. The highest BCUT2D eigenvalue weighted by Gasteiger charge is 2.04. The fourth-order valence-corrected chi connectivity index (χ4v) is 1.05. The van der Waals surface area contributed by atoms with Gasteiger partial charge in [-0.2, -0.15) is 0 Å². The maximum Gasteiger partial charge on any atom is 0.291 e. The van der Waals surface area contributed by atoms with Crippen LogP contribution in [-0.2, 0) is 0 Å². The molecule has 3 nitrogen and oxygen atoms in total. The van der Waals surface area contributed by atoms with E-state index in [-0.39, 0.29) is 5.95 Å². The summed E-state index contributed by atoms with van der Waals surface area (Å²) in [6.45, 7) is 3.59. The van der Waals surface area contributed by atoms with Crippen LogP contribution in [0.25, 0.3) is 17.0 Å². The fraction of sp³-hybridized carbons (Fsp3) is 0. The molecule has 0 amide bonds. The number of aromatic hydroxyl groups is 1. The summed E-state index contributed by atoms with van der Waals surface area (Å²) in [5.74, 6) is -0.0897. The number of furan rings is 1. The van der Waals surface area contributed by atoms with Crippen molar-refractivity contribution in [3.8, 4) is 5.95 Å². The number of rotatable bonds is 1. The van der Waals surface area contributed by atoms with Crippen molar-refractivity contribution >= 4 is 17.0 Å². The van der Waals surface area contributed by atoms with Gasteiger partial charge in [-0.05, 0) is 18.2 Å². The second-order valence-corrected chi connectivity index (χ2v) is 2.41. The van der Waals surface area contributed by atoms with E-state index in [0.717, 1.165) is 5.69 Å². The molecule has 0 saturated heterocycles. The Morgan fingerprint density at radius 2 is 2.33 bits per heavy atom. The van der Waals surface area contributed by atoms with Crippen LogP contribution in [0.2, 0.25) is 0 Å². The smallest absolute Gasteiger partial charge is 0.291 e. The first kappa shape index (κ1) is 6.91. The van der Waals surface area contributed by atoms with Crippen LogP contribution in [0.5, 0.6) is 5.95 Å². The minimum Gasteiger partial charge on any atom is -0.480 e. The topological polar surface area (TPSA) is 46.3 Å². The molecule has 0 aliphatic rings. The van der Waals surface area contributed by atoms with Crippen LogP contribution in [0.1, 0.15) is 5.69 Å². The molecule has 2 heterocycles. The summed E-state index contributed by atoms with van der Waals surface area (Å²) >= 11 is 0. The van der Waals surface area contributed by atoms with Gasteiger partial charge in [0.25, 0.3) is 5.95 Å². The lowest BCUT2D eigenvalue weighted by Gasteiger charge is -1.90. The summed E-state index contributed by atoms with van der Waals surface area (Å²) in [4.78, 5) is 4.14. The molecule has 0 aliphatic heterocycles. The number of pyridine rings is 1. The van der Waals surface area contributed by atoms with Crippen molar-refractivity contribution in [2.45, 2.75) is 0 Å². The van der Waals surface area contributed by atoms with E-state index in [1.54, 1.807) is 18.2 Å². The molecule has 0 aromatic carbocycles. The molecule has 0 fully saturated rings. The molecule has 2 aromatic rings. The van der Waals surface area contributed by atoms with Gasteiger partial charge in [0.15, 0.2) is 0 Å². The Hall–Kier alpha value is -1.77. The van der Waals surface area contributed by atoms with Gasteiger partial charge in [-0.3, -0.25) is 0 Å². The van der Waals surface area contributed by atoms with E-state index in [1.807, 2.05) is 0 Å². The largest absolute Gasteiger partial charge is 0.480 e. The van der Waals surface area contributed by atoms with Crippen molar-refractivity contribution < 1.29 is 9.52 Å². The van der Waals surface area contributed by atoms with E-state index in [9.17, 15) is 0 Å². The zero-order valence-electron chi connectivity index (χ0n) is 6.32. The van der Waals surface area contributed by atoms with Crippen LogP contribution in [0.4, 0.5) is 0 Å². The minimum atomic E-state index is -0.0897. The van der Waals surface area contributed by atoms with Crippen molar-refractivity contribution in [1.29, 1.82) is 0 Å². The van der Waals surface area contributed by atoms with Crippen molar-refractivity contribution in [3.05, 3.63) is 30.7 Å². The van der Waals surface area contributed by atoms with Gasteiger partial charge < -0.3 is 9.52 Å². The number of fused-ring (bicyclic) bond motifs is 1. The van der Waals surface area contributed by atoms with Crippen molar-refractivity contribution in [2.24, 2.45) is 0 Å². The highest BCUT2D eigenvalue weighted by molar-refractivity contribution is 5.83. The third kappa shape index (κ3) is 0.871. The van der Waals surface area contributed by atoms with Gasteiger partial charge in [0.2, 0.25) is 0 Å². The molecule has 0 aliphatic carbocycles. The van der Waals surface area contributed by atoms with Crippen LogP contribution in [-0.4, -0.2) is 10.1 Å². The van der Waals surface area contributed by atoms with Gasteiger partial charge in [0, 0.05) is 0 Å². The van der Waals surface area contributed by atoms with Crippen LogP contribution in [0, 0.1) is 0 Å². The second-order valence-electron chi connectivity index (χ2n) is 2.41. The molecule has 3 heteroatoms. The summed E-state index contributed by atoms with van der Waals surface area (Å²) < 4.78 is 4.77. The second kappa shape index (κ2) is 2.37. The molecule has 1 N–H and O–H groups in total. The first-order chi connectivity index (χ1) is 5.81. The maximum atomic E-state index is 9.14. The molecular formula is C9H7NO2. The van der Waals surface area contributed by atoms with Crippen molar-refractivity contribution in [3.63, 3.8) is 0 Å². The molecule has 0 bridgehead atoms. The van der Waals surface area contributed by atoms with E-state index in [4.69, 9.17) is 9.52 Å². The summed E-state index contributed by atoms with van der Waals surface area (Å²) in [5.41, 5.74) is 1.41. The van der Waals surface area contributed by atoms with E-state index in [2.05, 4.69) is 11.6 Å². The molecule has 0 spiro atoms. The Morgan fingerprint density at radius 1 is 1.50 bits per heavy atom. The van der Waals surface area contributed by atoms with E-state index < -0.39 is 0 Å². The molecule has 0 radical (unpaired) electrons. The summed E-state index contributed by atoms with van der Waals surface area (Å²) in [6.07, 6.45) is 3.06. The summed E-state index contributed by atoms with van der Waals surface area (Å²) in [7, 11) is 0. The molecular weight excluding hydrogens is 154 g/mol. The SMILES string of the molecule is C=Cc1ccc2c(O)occ2n1. The Labute approximate surface area is 69.0 Å². The lowest BCUT2D eigenvalue weighted by atomic mass is 10.3. The monoisotopic (exact) mass is 161 g/mol. The highest BCUT2D eigenvalue weighted by atomic mass is 16.5. The Balaban J connectivity index is 2.77. The Morgan fingerprint density at radius 3 is 3.08 bits per heavy atom. The number of hydrogen-bond acceptors (Lipinski definition) is 3. The number of nitrogens with zero attached hydrogens (tertiary/aromatic N) is 1. The summed E-state index contributed by atoms with van der Waals surface area (Å²) in [5, 5.41) is 9.77. The average molecular weight is 161 g/mol. The normalized spacial score (nSPS) is 10.3. The third-order valence-corrected chi connectivity index (χ3v) is 1.67. The molecule has 0 atom stereocenters. The van der Waals surface area contributed by atoms with Gasteiger partial charge >= 0.3 is 0 Å². The Bertz CT molecular complexity index is 431. The first-order valence-corrected chi connectivity index (χ1v) is 3.51. The number of hydrogen-bond donors (Lipinski definition) is 1. The molecule has 2 aromatic heterocycles. The van der Waals surface area contributed by atoms with Gasteiger partial charge in [0.1, 0.15) is 11.8 Å². The van der Waals surface area contributed by atoms with Crippen LogP contribution >= 0.6 is 0 Å². The number of aromatic nitrogens is 1. The first-order valence-electron chi connectivity index (χ1n) is 3.51. The van der Waals surface area contributed by atoms with Gasteiger partial charge in [-0.25, -0.2) is 4.98 Å². The predicted octanol–water partition coefficient (Wildman–Crippen LogP) is 2.18. The molecule has 60 valence electrons. The zero-order chi connectivity index (χ0) is 8.55.